The Balaban J connectivity index is 1.71. The van der Waals surface area contributed by atoms with Gasteiger partial charge in [0.25, 0.3) is 0 Å². The van der Waals surface area contributed by atoms with Crippen LogP contribution in [0.1, 0.15) is 40.0 Å². The Bertz CT molecular complexity index is 473. The number of amides is 2. The summed E-state index contributed by atoms with van der Waals surface area (Å²) in [5.41, 5.74) is -0.500. The fraction of sp³-hybridized carbons (Fsp3) is 0.833. The van der Waals surface area contributed by atoms with Crippen molar-refractivity contribution in [2.24, 2.45) is 5.92 Å². The van der Waals surface area contributed by atoms with Gasteiger partial charge in [-0.05, 0) is 52.6 Å². The molecule has 0 spiro atoms. The van der Waals surface area contributed by atoms with Gasteiger partial charge in [0, 0.05) is 32.6 Å². The highest BCUT2D eigenvalue weighted by atomic mass is 16.6. The van der Waals surface area contributed by atoms with E-state index >= 15 is 0 Å². The molecule has 0 saturated carbocycles. The molecule has 0 unspecified atom stereocenters. The second kappa shape index (κ2) is 8.65. The molecule has 0 aromatic rings. The second-order valence-corrected chi connectivity index (χ2v) is 7.97. The molecule has 0 aromatic heterocycles. The molecule has 0 bridgehead atoms. The lowest BCUT2D eigenvalue weighted by molar-refractivity contribution is -0.134. The fourth-order valence-electron chi connectivity index (χ4n) is 3.27. The highest BCUT2D eigenvalue weighted by Crippen LogP contribution is 2.19. The van der Waals surface area contributed by atoms with Gasteiger partial charge in [-0.25, -0.2) is 4.79 Å². The Kier molecular flexibility index (Phi) is 6.81. The number of hydrogen-bond donors (Lipinski definition) is 0. The van der Waals surface area contributed by atoms with E-state index in [0.717, 1.165) is 32.2 Å². The van der Waals surface area contributed by atoms with E-state index in [4.69, 9.17) is 4.74 Å². The van der Waals surface area contributed by atoms with Crippen LogP contribution in [-0.4, -0.2) is 84.4 Å². The van der Waals surface area contributed by atoms with Crippen LogP contribution in [0, 0.1) is 5.92 Å². The largest absolute Gasteiger partial charge is 0.444 e. The summed E-state index contributed by atoms with van der Waals surface area (Å²) in [4.78, 5) is 40.8. The lowest BCUT2D eigenvalue weighted by Crippen LogP contribution is -2.53. The standard InChI is InChI=1S/C18H31N3O4/c1-18(2,3)25-17(24)21-11-9-20(10-12-21)16(23)14-19-7-4-15(5-8-19)6-13-22/h13,15H,4-12,14H2,1-3H3. The molecule has 25 heavy (non-hydrogen) atoms. The van der Waals surface area contributed by atoms with Gasteiger partial charge in [0.05, 0.1) is 6.54 Å². The molecule has 2 fully saturated rings. The average Bonchev–Trinajstić information content (AvgIpc) is 2.55. The third-order valence-corrected chi connectivity index (χ3v) is 4.78. The maximum Gasteiger partial charge on any atom is 0.410 e. The van der Waals surface area contributed by atoms with Crippen LogP contribution in [0.4, 0.5) is 4.79 Å². The Morgan fingerprint density at radius 1 is 1.00 bits per heavy atom. The molecule has 0 aromatic carbocycles. The van der Waals surface area contributed by atoms with Crippen LogP contribution in [0.15, 0.2) is 0 Å². The molecule has 2 heterocycles. The third kappa shape index (κ3) is 6.30. The molecular formula is C18H31N3O4. The first-order chi connectivity index (χ1) is 11.8. The van der Waals surface area contributed by atoms with Gasteiger partial charge in [-0.2, -0.15) is 0 Å². The average molecular weight is 353 g/mol. The van der Waals surface area contributed by atoms with Gasteiger partial charge in [-0.3, -0.25) is 9.69 Å². The zero-order chi connectivity index (χ0) is 18.4. The fourth-order valence-corrected chi connectivity index (χ4v) is 3.27. The summed E-state index contributed by atoms with van der Waals surface area (Å²) in [7, 11) is 0. The zero-order valence-electron chi connectivity index (χ0n) is 15.7. The van der Waals surface area contributed by atoms with Gasteiger partial charge in [0.15, 0.2) is 0 Å². The number of likely N-dealkylation sites (tertiary alicyclic amines) is 1. The van der Waals surface area contributed by atoms with Crippen LogP contribution in [-0.2, 0) is 14.3 Å². The quantitative estimate of drug-likeness (QED) is 0.714. The topological polar surface area (TPSA) is 70.2 Å². The van der Waals surface area contributed by atoms with Gasteiger partial charge in [-0.1, -0.05) is 0 Å². The van der Waals surface area contributed by atoms with Gasteiger partial charge in [0.2, 0.25) is 5.91 Å². The van der Waals surface area contributed by atoms with Gasteiger partial charge < -0.3 is 19.3 Å². The van der Waals surface area contributed by atoms with Crippen molar-refractivity contribution >= 4 is 18.3 Å². The van der Waals surface area contributed by atoms with E-state index in [1.165, 1.54) is 0 Å². The summed E-state index contributed by atoms with van der Waals surface area (Å²) in [6, 6.07) is 0. The van der Waals surface area contributed by atoms with E-state index in [0.29, 0.717) is 45.1 Å². The van der Waals surface area contributed by atoms with Gasteiger partial charge in [-0.15, -0.1) is 0 Å². The smallest absolute Gasteiger partial charge is 0.410 e. The molecule has 2 aliphatic heterocycles. The van der Waals surface area contributed by atoms with Crippen LogP contribution in [0.2, 0.25) is 0 Å². The van der Waals surface area contributed by atoms with Crippen molar-refractivity contribution in [1.82, 2.24) is 14.7 Å². The van der Waals surface area contributed by atoms with E-state index in [-0.39, 0.29) is 12.0 Å². The number of aldehydes is 1. The lowest BCUT2D eigenvalue weighted by atomic mass is 9.94. The zero-order valence-corrected chi connectivity index (χ0v) is 15.7. The SMILES string of the molecule is CC(C)(C)OC(=O)N1CCN(C(=O)CN2CCC(CC=O)CC2)CC1. The summed E-state index contributed by atoms with van der Waals surface area (Å²) in [5, 5.41) is 0. The summed E-state index contributed by atoms with van der Waals surface area (Å²) >= 11 is 0. The van der Waals surface area contributed by atoms with E-state index in [1.54, 1.807) is 4.90 Å². The van der Waals surface area contributed by atoms with E-state index < -0.39 is 5.60 Å². The molecule has 0 radical (unpaired) electrons. The number of rotatable bonds is 4. The van der Waals surface area contributed by atoms with Crippen LogP contribution in [0.25, 0.3) is 0 Å². The number of carbonyl (C=O) groups excluding carboxylic acids is 3. The van der Waals surface area contributed by atoms with Gasteiger partial charge in [0.1, 0.15) is 11.9 Å². The predicted octanol–water partition coefficient (Wildman–Crippen LogP) is 1.37. The first-order valence-corrected chi connectivity index (χ1v) is 9.20. The molecule has 7 heteroatoms. The molecule has 2 amide bonds. The van der Waals surface area contributed by atoms with Crippen LogP contribution < -0.4 is 0 Å². The van der Waals surface area contributed by atoms with Crippen molar-refractivity contribution in [1.29, 1.82) is 0 Å². The number of hydrogen-bond acceptors (Lipinski definition) is 5. The van der Waals surface area contributed by atoms with Crippen molar-refractivity contribution in [3.05, 3.63) is 0 Å². The maximum atomic E-state index is 12.5. The number of carbonyl (C=O) groups is 3. The second-order valence-electron chi connectivity index (χ2n) is 7.97. The molecule has 142 valence electrons. The van der Waals surface area contributed by atoms with E-state index in [2.05, 4.69) is 4.90 Å². The summed E-state index contributed by atoms with van der Waals surface area (Å²) in [6.45, 7) is 9.88. The molecule has 2 saturated heterocycles. The number of ether oxygens (including phenoxy) is 1. The monoisotopic (exact) mass is 353 g/mol. The highest BCUT2D eigenvalue weighted by molar-refractivity contribution is 5.78. The Hall–Kier alpha value is -1.63. The van der Waals surface area contributed by atoms with Crippen molar-refractivity contribution in [2.75, 3.05) is 45.8 Å². The third-order valence-electron chi connectivity index (χ3n) is 4.78. The summed E-state index contributed by atoms with van der Waals surface area (Å²) < 4.78 is 5.37. The minimum atomic E-state index is -0.500. The lowest BCUT2D eigenvalue weighted by Gasteiger charge is -2.37. The van der Waals surface area contributed by atoms with Crippen LogP contribution in [0.3, 0.4) is 0 Å². The summed E-state index contributed by atoms with van der Waals surface area (Å²) in [6.07, 6.45) is 3.29. The maximum absolute atomic E-state index is 12.5. The normalized spacial score (nSPS) is 20.4. The molecular weight excluding hydrogens is 322 g/mol. The minimum Gasteiger partial charge on any atom is -0.444 e. The molecule has 2 rings (SSSR count). The van der Waals surface area contributed by atoms with Crippen LogP contribution in [0.5, 0.6) is 0 Å². The van der Waals surface area contributed by atoms with Crippen molar-refractivity contribution < 1.29 is 19.1 Å². The molecule has 2 aliphatic rings. The Morgan fingerprint density at radius 3 is 2.08 bits per heavy atom. The highest BCUT2D eigenvalue weighted by Gasteiger charge is 2.29. The van der Waals surface area contributed by atoms with Crippen LogP contribution >= 0.6 is 0 Å². The van der Waals surface area contributed by atoms with E-state index in [9.17, 15) is 14.4 Å². The first-order valence-electron chi connectivity index (χ1n) is 9.20. The molecule has 7 nitrogen and oxygen atoms in total. The van der Waals surface area contributed by atoms with Gasteiger partial charge >= 0.3 is 6.09 Å². The van der Waals surface area contributed by atoms with E-state index in [1.807, 2.05) is 25.7 Å². The number of nitrogens with zero attached hydrogens (tertiary/aromatic N) is 3. The first kappa shape index (κ1) is 19.7. The Morgan fingerprint density at radius 2 is 1.56 bits per heavy atom. The molecule has 0 N–H and O–H groups in total. The van der Waals surface area contributed by atoms with Crippen molar-refractivity contribution in [3.63, 3.8) is 0 Å². The summed E-state index contributed by atoms with van der Waals surface area (Å²) in [5.74, 6) is 0.596. The van der Waals surface area contributed by atoms with Crippen molar-refractivity contribution in [2.45, 2.75) is 45.6 Å². The minimum absolute atomic E-state index is 0.123. The van der Waals surface area contributed by atoms with Crippen molar-refractivity contribution in [3.8, 4) is 0 Å². The number of piperazine rings is 1. The molecule has 0 aliphatic carbocycles. The predicted molar refractivity (Wildman–Crippen MR) is 94.2 cm³/mol. The number of piperidine rings is 1. The Labute approximate surface area is 150 Å². The molecule has 0 atom stereocenters.